The Morgan fingerprint density at radius 1 is 1.29 bits per heavy atom. The highest BCUT2D eigenvalue weighted by Gasteiger charge is 2.16. The molecule has 1 fully saturated rings. The lowest BCUT2D eigenvalue weighted by Crippen LogP contribution is -2.29. The third-order valence-corrected chi connectivity index (χ3v) is 3.37. The summed E-state index contributed by atoms with van der Waals surface area (Å²) in [7, 11) is 0. The Labute approximate surface area is 98.9 Å². The van der Waals surface area contributed by atoms with E-state index in [1.54, 1.807) is 10.5 Å². The highest BCUT2D eigenvalue weighted by Crippen LogP contribution is 2.17. The van der Waals surface area contributed by atoms with E-state index >= 15 is 0 Å². The van der Waals surface area contributed by atoms with Crippen molar-refractivity contribution in [1.29, 1.82) is 0 Å². The first-order valence-electron chi connectivity index (χ1n) is 6.03. The van der Waals surface area contributed by atoms with Gasteiger partial charge in [0.05, 0.1) is 0 Å². The Morgan fingerprint density at radius 2 is 2.12 bits per heavy atom. The summed E-state index contributed by atoms with van der Waals surface area (Å²) in [5.74, 6) is 1.25. The number of rotatable bonds is 2. The van der Waals surface area contributed by atoms with Gasteiger partial charge >= 0.3 is 0 Å². The van der Waals surface area contributed by atoms with Crippen molar-refractivity contribution < 1.29 is 4.39 Å². The van der Waals surface area contributed by atoms with E-state index in [4.69, 9.17) is 0 Å². The van der Waals surface area contributed by atoms with Crippen LogP contribution < -0.4 is 5.32 Å². The average Bonchev–Trinajstić information content (AvgIpc) is 2.73. The number of hydrogen-bond donors (Lipinski definition) is 1. The van der Waals surface area contributed by atoms with Crippen molar-refractivity contribution in [2.75, 3.05) is 13.1 Å². The van der Waals surface area contributed by atoms with E-state index in [1.165, 1.54) is 12.3 Å². The number of nitrogens with one attached hydrogen (secondary N) is 1. The van der Waals surface area contributed by atoms with Crippen LogP contribution in [-0.2, 0) is 6.42 Å². The molecule has 1 aliphatic rings. The molecule has 3 rings (SSSR count). The van der Waals surface area contributed by atoms with Crippen molar-refractivity contribution in [3.05, 3.63) is 30.0 Å². The van der Waals surface area contributed by atoms with Gasteiger partial charge in [-0.15, -0.1) is 10.2 Å². The lowest BCUT2D eigenvalue weighted by atomic mass is 9.94. The zero-order valence-corrected chi connectivity index (χ0v) is 9.56. The maximum absolute atomic E-state index is 13.2. The van der Waals surface area contributed by atoms with Crippen LogP contribution in [0.4, 0.5) is 4.39 Å². The quantitative estimate of drug-likeness (QED) is 0.854. The normalized spacial score (nSPS) is 17.7. The lowest BCUT2D eigenvalue weighted by molar-refractivity contribution is 0.366. The van der Waals surface area contributed by atoms with E-state index < -0.39 is 0 Å². The molecule has 0 radical (unpaired) electrons. The van der Waals surface area contributed by atoms with Crippen LogP contribution in [-0.4, -0.2) is 27.7 Å². The first-order chi connectivity index (χ1) is 8.33. The fraction of sp³-hybridized carbons (Fsp3) is 0.500. The second-order valence-corrected chi connectivity index (χ2v) is 4.59. The summed E-state index contributed by atoms with van der Waals surface area (Å²) in [6.07, 6.45) is 4.66. The topological polar surface area (TPSA) is 42.2 Å². The van der Waals surface area contributed by atoms with E-state index in [0.29, 0.717) is 5.92 Å². The van der Waals surface area contributed by atoms with Crippen LogP contribution >= 0.6 is 0 Å². The number of pyridine rings is 1. The molecule has 0 unspecified atom stereocenters. The van der Waals surface area contributed by atoms with Gasteiger partial charge in [0.1, 0.15) is 11.6 Å². The summed E-state index contributed by atoms with van der Waals surface area (Å²) in [5, 5.41) is 11.6. The molecule has 2 aromatic rings. The molecule has 0 bridgehead atoms. The lowest BCUT2D eigenvalue weighted by Gasteiger charge is -2.21. The van der Waals surface area contributed by atoms with Crippen molar-refractivity contribution in [3.8, 4) is 0 Å². The maximum Gasteiger partial charge on any atom is 0.160 e. The van der Waals surface area contributed by atoms with Gasteiger partial charge in [0.15, 0.2) is 5.65 Å². The van der Waals surface area contributed by atoms with Gasteiger partial charge in [-0.2, -0.15) is 0 Å². The molecule has 17 heavy (non-hydrogen) atoms. The maximum atomic E-state index is 13.2. The molecule has 0 amide bonds. The van der Waals surface area contributed by atoms with Crippen LogP contribution in [0.5, 0.6) is 0 Å². The second kappa shape index (κ2) is 4.41. The number of nitrogens with zero attached hydrogens (tertiary/aromatic N) is 3. The Hall–Kier alpha value is -1.49. The average molecular weight is 234 g/mol. The Kier molecular flexibility index (Phi) is 2.76. The summed E-state index contributed by atoms with van der Waals surface area (Å²) in [6.45, 7) is 2.13. The Bertz CT molecular complexity index is 516. The molecule has 5 heteroatoms. The molecule has 4 nitrogen and oxygen atoms in total. The third-order valence-electron chi connectivity index (χ3n) is 3.37. The molecule has 2 aromatic heterocycles. The van der Waals surface area contributed by atoms with E-state index in [1.807, 2.05) is 0 Å². The summed E-state index contributed by atoms with van der Waals surface area (Å²) >= 11 is 0. The van der Waals surface area contributed by atoms with Gasteiger partial charge in [-0.05, 0) is 44.0 Å². The molecule has 1 saturated heterocycles. The van der Waals surface area contributed by atoms with E-state index in [2.05, 4.69) is 15.5 Å². The second-order valence-electron chi connectivity index (χ2n) is 4.59. The smallest absolute Gasteiger partial charge is 0.160 e. The zero-order chi connectivity index (χ0) is 11.7. The van der Waals surface area contributed by atoms with Crippen molar-refractivity contribution in [1.82, 2.24) is 19.9 Å². The van der Waals surface area contributed by atoms with Gasteiger partial charge < -0.3 is 5.32 Å². The first kappa shape index (κ1) is 10.7. The van der Waals surface area contributed by atoms with Crippen LogP contribution in [0, 0.1) is 11.7 Å². The fourth-order valence-corrected chi connectivity index (χ4v) is 2.40. The van der Waals surface area contributed by atoms with E-state index in [-0.39, 0.29) is 5.82 Å². The summed E-state index contributed by atoms with van der Waals surface area (Å²) in [4.78, 5) is 0. The Morgan fingerprint density at radius 3 is 2.94 bits per heavy atom. The van der Waals surface area contributed by atoms with Gasteiger partial charge in [0.25, 0.3) is 0 Å². The highest BCUT2D eigenvalue weighted by atomic mass is 19.1. The summed E-state index contributed by atoms with van der Waals surface area (Å²) in [6, 6.07) is 3.08. The molecule has 3 heterocycles. The number of piperidine rings is 1. The minimum Gasteiger partial charge on any atom is -0.317 e. The number of fused-ring (bicyclic) bond motifs is 1. The molecule has 0 aliphatic carbocycles. The van der Waals surface area contributed by atoms with Crippen molar-refractivity contribution in [2.45, 2.75) is 19.3 Å². The van der Waals surface area contributed by atoms with Gasteiger partial charge in [-0.1, -0.05) is 0 Å². The van der Waals surface area contributed by atoms with Crippen LogP contribution in [0.2, 0.25) is 0 Å². The predicted octanol–water partition coefficient (Wildman–Crippen LogP) is 1.41. The predicted molar refractivity (Wildman–Crippen MR) is 62.2 cm³/mol. The van der Waals surface area contributed by atoms with Crippen molar-refractivity contribution in [2.24, 2.45) is 5.92 Å². The van der Waals surface area contributed by atoms with Gasteiger partial charge in [0.2, 0.25) is 0 Å². The van der Waals surface area contributed by atoms with Crippen molar-refractivity contribution >= 4 is 5.65 Å². The van der Waals surface area contributed by atoms with Crippen LogP contribution in [0.3, 0.4) is 0 Å². The molecule has 0 saturated carbocycles. The van der Waals surface area contributed by atoms with E-state index in [9.17, 15) is 4.39 Å². The van der Waals surface area contributed by atoms with Crippen LogP contribution in [0.1, 0.15) is 18.7 Å². The number of hydrogen-bond acceptors (Lipinski definition) is 3. The van der Waals surface area contributed by atoms with Gasteiger partial charge in [-0.25, -0.2) is 4.39 Å². The number of halogens is 1. The summed E-state index contributed by atoms with van der Waals surface area (Å²) < 4.78 is 14.9. The minimum absolute atomic E-state index is 0.246. The van der Waals surface area contributed by atoms with Gasteiger partial charge in [0, 0.05) is 12.6 Å². The molecule has 0 aromatic carbocycles. The Balaban J connectivity index is 1.86. The zero-order valence-electron chi connectivity index (χ0n) is 9.56. The van der Waals surface area contributed by atoms with E-state index in [0.717, 1.165) is 43.8 Å². The highest BCUT2D eigenvalue weighted by molar-refractivity contribution is 5.37. The SMILES string of the molecule is Fc1ccc2nnc(CC3CCNCC3)n2c1. The minimum atomic E-state index is -0.246. The van der Waals surface area contributed by atoms with Crippen molar-refractivity contribution in [3.63, 3.8) is 0 Å². The fourth-order valence-electron chi connectivity index (χ4n) is 2.40. The molecular weight excluding hydrogens is 219 g/mol. The molecule has 1 N–H and O–H groups in total. The molecule has 0 atom stereocenters. The monoisotopic (exact) mass is 234 g/mol. The first-order valence-corrected chi connectivity index (χ1v) is 6.03. The van der Waals surface area contributed by atoms with Gasteiger partial charge in [-0.3, -0.25) is 4.40 Å². The molecule has 0 spiro atoms. The number of aromatic nitrogens is 3. The van der Waals surface area contributed by atoms with Crippen LogP contribution in [0.15, 0.2) is 18.3 Å². The largest absolute Gasteiger partial charge is 0.317 e. The molecule has 1 aliphatic heterocycles. The molecule has 90 valence electrons. The van der Waals surface area contributed by atoms with Crippen LogP contribution in [0.25, 0.3) is 5.65 Å². The summed E-state index contributed by atoms with van der Waals surface area (Å²) in [5.41, 5.74) is 0.718. The standard InChI is InChI=1S/C12H15FN4/c13-10-1-2-11-15-16-12(17(11)8-10)7-9-3-5-14-6-4-9/h1-2,8-9,14H,3-7H2. The third kappa shape index (κ3) is 2.15. The molecular formula is C12H15FN4.